The molecule has 194 valence electrons. The highest BCUT2D eigenvalue weighted by Crippen LogP contribution is 2.30. The summed E-state index contributed by atoms with van der Waals surface area (Å²) in [7, 11) is 0. The first kappa shape index (κ1) is 25.8. The van der Waals surface area contributed by atoms with Gasteiger partial charge in [-0.1, -0.05) is 18.2 Å². The molecule has 3 N–H and O–H groups in total. The molecule has 0 radical (unpaired) electrons. The zero-order valence-electron chi connectivity index (χ0n) is 21.3. The molecule has 9 nitrogen and oxygen atoms in total. The minimum atomic E-state index is -0.645. The summed E-state index contributed by atoms with van der Waals surface area (Å²) in [4.78, 5) is 30.9. The lowest BCUT2D eigenvalue weighted by atomic mass is 10.0. The van der Waals surface area contributed by atoms with Gasteiger partial charge in [-0.15, -0.1) is 0 Å². The van der Waals surface area contributed by atoms with E-state index in [4.69, 9.17) is 19.9 Å². The van der Waals surface area contributed by atoms with E-state index in [2.05, 4.69) is 15.2 Å². The molecule has 1 atom stereocenters. The van der Waals surface area contributed by atoms with Gasteiger partial charge in [-0.25, -0.2) is 9.78 Å². The van der Waals surface area contributed by atoms with E-state index in [0.717, 1.165) is 30.8 Å². The number of amides is 2. The SMILES string of the molecule is CC(C)(C)OC(=O)NC1CCCN(c2cnc(Oc3ccc(Oc4ccccc4)cc3)c(C(N)=O)c2)C1. The van der Waals surface area contributed by atoms with Crippen LogP contribution in [0.3, 0.4) is 0 Å². The summed E-state index contributed by atoms with van der Waals surface area (Å²) in [5, 5.41) is 2.93. The van der Waals surface area contributed by atoms with Crippen LogP contribution in [0.4, 0.5) is 10.5 Å². The summed E-state index contributed by atoms with van der Waals surface area (Å²) in [6, 6.07) is 18.0. The third-order valence-electron chi connectivity index (χ3n) is 5.63. The summed E-state index contributed by atoms with van der Waals surface area (Å²) in [6.45, 7) is 6.80. The molecule has 1 saturated heterocycles. The smallest absolute Gasteiger partial charge is 0.407 e. The fourth-order valence-corrected chi connectivity index (χ4v) is 3.99. The van der Waals surface area contributed by atoms with Crippen LogP contribution >= 0.6 is 0 Å². The van der Waals surface area contributed by atoms with Crippen LogP contribution in [0.2, 0.25) is 0 Å². The van der Waals surface area contributed by atoms with Crippen LogP contribution in [0.5, 0.6) is 23.1 Å². The highest BCUT2D eigenvalue weighted by atomic mass is 16.6. The monoisotopic (exact) mass is 504 g/mol. The molecular weight excluding hydrogens is 472 g/mol. The van der Waals surface area contributed by atoms with Gasteiger partial charge in [-0.2, -0.15) is 0 Å². The van der Waals surface area contributed by atoms with Crippen molar-refractivity contribution in [3.63, 3.8) is 0 Å². The number of alkyl carbamates (subject to hydrolysis) is 1. The van der Waals surface area contributed by atoms with Crippen LogP contribution in [0, 0.1) is 0 Å². The number of ether oxygens (including phenoxy) is 3. The van der Waals surface area contributed by atoms with Crippen molar-refractivity contribution in [2.24, 2.45) is 5.73 Å². The number of carbonyl (C=O) groups is 2. The molecule has 0 bridgehead atoms. The number of pyridine rings is 1. The van der Waals surface area contributed by atoms with Crippen molar-refractivity contribution in [2.75, 3.05) is 18.0 Å². The Kier molecular flexibility index (Phi) is 7.81. The Balaban J connectivity index is 1.43. The fraction of sp³-hybridized carbons (Fsp3) is 0.321. The summed E-state index contributed by atoms with van der Waals surface area (Å²) < 4.78 is 17.1. The highest BCUT2D eigenvalue weighted by molar-refractivity contribution is 5.96. The number of nitrogens with zero attached hydrogens (tertiary/aromatic N) is 2. The number of anilines is 1. The van der Waals surface area contributed by atoms with E-state index in [9.17, 15) is 9.59 Å². The van der Waals surface area contributed by atoms with Crippen LogP contribution in [-0.2, 0) is 4.74 Å². The number of nitrogens with two attached hydrogens (primary N) is 1. The van der Waals surface area contributed by atoms with Crippen molar-refractivity contribution < 1.29 is 23.8 Å². The maximum atomic E-state index is 12.2. The van der Waals surface area contributed by atoms with Crippen molar-refractivity contribution in [1.29, 1.82) is 0 Å². The van der Waals surface area contributed by atoms with E-state index in [1.807, 2.05) is 51.1 Å². The summed E-state index contributed by atoms with van der Waals surface area (Å²) >= 11 is 0. The largest absolute Gasteiger partial charge is 0.457 e. The number of piperidine rings is 1. The van der Waals surface area contributed by atoms with Gasteiger partial charge in [0.25, 0.3) is 5.91 Å². The number of benzene rings is 2. The molecule has 9 heteroatoms. The van der Waals surface area contributed by atoms with Gasteiger partial charge in [0.1, 0.15) is 28.4 Å². The van der Waals surface area contributed by atoms with Gasteiger partial charge < -0.3 is 30.2 Å². The third kappa shape index (κ3) is 7.36. The summed E-state index contributed by atoms with van der Waals surface area (Å²) in [5.41, 5.74) is 5.99. The van der Waals surface area contributed by atoms with E-state index < -0.39 is 17.6 Å². The average molecular weight is 505 g/mol. The zero-order valence-corrected chi connectivity index (χ0v) is 21.3. The maximum absolute atomic E-state index is 12.2. The Labute approximate surface area is 216 Å². The van der Waals surface area contributed by atoms with Gasteiger partial charge >= 0.3 is 6.09 Å². The molecule has 0 spiro atoms. The number of rotatable bonds is 7. The topological polar surface area (TPSA) is 116 Å². The number of primary amides is 1. The second-order valence-corrected chi connectivity index (χ2v) is 9.83. The van der Waals surface area contributed by atoms with Crippen molar-refractivity contribution in [3.8, 4) is 23.1 Å². The van der Waals surface area contributed by atoms with E-state index in [-0.39, 0.29) is 17.5 Å². The zero-order chi connectivity index (χ0) is 26.4. The molecule has 4 rings (SSSR count). The van der Waals surface area contributed by atoms with Crippen molar-refractivity contribution in [2.45, 2.75) is 45.3 Å². The van der Waals surface area contributed by atoms with Gasteiger partial charge in [-0.3, -0.25) is 4.79 Å². The predicted octanol–water partition coefficient (Wildman–Crippen LogP) is 5.26. The van der Waals surface area contributed by atoms with Crippen LogP contribution in [0.1, 0.15) is 44.0 Å². The lowest BCUT2D eigenvalue weighted by molar-refractivity contribution is 0.0500. The van der Waals surface area contributed by atoms with Gasteiger partial charge in [0, 0.05) is 19.1 Å². The van der Waals surface area contributed by atoms with Gasteiger partial charge in [0.15, 0.2) is 0 Å². The predicted molar refractivity (Wildman–Crippen MR) is 140 cm³/mol. The Hall–Kier alpha value is -4.27. The number of nitrogens with one attached hydrogen (secondary N) is 1. The quantitative estimate of drug-likeness (QED) is 0.451. The summed E-state index contributed by atoms with van der Waals surface area (Å²) in [6.07, 6.45) is 2.89. The molecule has 1 unspecified atom stereocenters. The van der Waals surface area contributed by atoms with E-state index in [1.54, 1.807) is 36.5 Å². The number of carbonyl (C=O) groups excluding carboxylic acids is 2. The molecule has 2 heterocycles. The molecular formula is C28H32N4O5. The molecule has 37 heavy (non-hydrogen) atoms. The molecule has 1 aliphatic heterocycles. The number of hydrogen-bond donors (Lipinski definition) is 2. The maximum Gasteiger partial charge on any atom is 0.407 e. The van der Waals surface area contributed by atoms with Crippen molar-refractivity contribution >= 4 is 17.7 Å². The summed E-state index contributed by atoms with van der Waals surface area (Å²) in [5.74, 6) is 1.34. The second kappa shape index (κ2) is 11.2. The van der Waals surface area contributed by atoms with E-state index in [1.165, 1.54) is 0 Å². The first-order valence-electron chi connectivity index (χ1n) is 12.2. The number of aromatic nitrogens is 1. The number of para-hydroxylation sites is 1. The lowest BCUT2D eigenvalue weighted by Crippen LogP contribution is -2.49. The molecule has 0 saturated carbocycles. The minimum absolute atomic E-state index is 0.0897. The molecule has 1 aliphatic rings. The Morgan fingerprint density at radius 2 is 1.65 bits per heavy atom. The standard InChI is InChI=1S/C28H32N4O5/c1-28(2,3)37-27(34)31-19-8-7-15-32(18-19)20-16-24(25(29)33)26(30-17-20)36-23-13-11-22(12-14-23)35-21-9-5-4-6-10-21/h4-6,9-14,16-17,19H,7-8,15,18H2,1-3H3,(H2,29,33)(H,31,34). The molecule has 3 aromatic rings. The van der Waals surface area contributed by atoms with Gasteiger partial charge in [0.05, 0.1) is 11.9 Å². The van der Waals surface area contributed by atoms with Crippen LogP contribution in [-0.4, -0.2) is 41.7 Å². The Morgan fingerprint density at radius 3 is 2.30 bits per heavy atom. The molecule has 2 aromatic carbocycles. The fourth-order valence-electron chi connectivity index (χ4n) is 3.99. The number of hydrogen-bond acceptors (Lipinski definition) is 7. The normalized spacial score (nSPS) is 15.5. The van der Waals surface area contributed by atoms with Crippen LogP contribution in [0.25, 0.3) is 0 Å². The van der Waals surface area contributed by atoms with Gasteiger partial charge in [-0.05, 0) is 76.1 Å². The third-order valence-corrected chi connectivity index (χ3v) is 5.63. The lowest BCUT2D eigenvalue weighted by Gasteiger charge is -2.35. The Bertz CT molecular complexity index is 1230. The molecule has 1 aromatic heterocycles. The van der Waals surface area contributed by atoms with Crippen molar-refractivity contribution in [3.05, 3.63) is 72.4 Å². The highest BCUT2D eigenvalue weighted by Gasteiger charge is 2.25. The molecule has 2 amide bonds. The Morgan fingerprint density at radius 1 is 1.00 bits per heavy atom. The first-order chi connectivity index (χ1) is 17.7. The van der Waals surface area contributed by atoms with Gasteiger partial charge in [0.2, 0.25) is 5.88 Å². The first-order valence-corrected chi connectivity index (χ1v) is 12.2. The van der Waals surface area contributed by atoms with Crippen molar-refractivity contribution in [1.82, 2.24) is 10.3 Å². The van der Waals surface area contributed by atoms with Crippen LogP contribution < -0.4 is 25.4 Å². The average Bonchev–Trinajstić information content (AvgIpc) is 2.85. The minimum Gasteiger partial charge on any atom is -0.457 e. The van der Waals surface area contributed by atoms with E-state index in [0.29, 0.717) is 18.0 Å². The van der Waals surface area contributed by atoms with Crippen LogP contribution in [0.15, 0.2) is 66.9 Å². The second-order valence-electron chi connectivity index (χ2n) is 9.83. The molecule has 1 fully saturated rings. The van der Waals surface area contributed by atoms with E-state index >= 15 is 0 Å². The molecule has 0 aliphatic carbocycles.